The summed E-state index contributed by atoms with van der Waals surface area (Å²) in [5.41, 5.74) is 3.34. The summed E-state index contributed by atoms with van der Waals surface area (Å²) in [6, 6.07) is 15.0. The third-order valence-electron chi connectivity index (χ3n) is 4.47. The minimum atomic E-state index is -0.579. The van der Waals surface area contributed by atoms with E-state index in [4.69, 9.17) is 4.74 Å². The molecule has 1 heterocycles. The fourth-order valence-electron chi connectivity index (χ4n) is 3.11. The average Bonchev–Trinajstić information content (AvgIpc) is 2.71. The third-order valence-corrected chi connectivity index (χ3v) is 4.47. The van der Waals surface area contributed by atoms with Crippen LogP contribution in [-0.2, 0) is 9.53 Å². The van der Waals surface area contributed by atoms with Crippen LogP contribution in [0.4, 0.5) is 5.69 Å². The van der Waals surface area contributed by atoms with Gasteiger partial charge >= 0.3 is 5.97 Å². The molecule has 0 spiro atoms. The smallest absolute Gasteiger partial charge is 0.331 e. The topological polar surface area (TPSA) is 68.3 Å². The van der Waals surface area contributed by atoms with Crippen molar-refractivity contribution >= 4 is 34.0 Å². The Bertz CT molecular complexity index is 1180. The van der Waals surface area contributed by atoms with Crippen molar-refractivity contribution in [1.29, 1.82) is 0 Å². The first kappa shape index (κ1) is 22.0. The number of anilines is 1. The zero-order valence-corrected chi connectivity index (χ0v) is 18.2. The number of para-hydroxylation sites is 1. The summed E-state index contributed by atoms with van der Waals surface area (Å²) in [6.07, 6.45) is 4.58. The number of carbonyl (C=O) groups is 2. The lowest BCUT2D eigenvalue weighted by molar-refractivity contribution is -0.148. The van der Waals surface area contributed by atoms with Crippen LogP contribution in [-0.4, -0.2) is 22.5 Å². The van der Waals surface area contributed by atoms with Gasteiger partial charge in [-0.2, -0.15) is 0 Å². The fraction of sp³-hybridized carbons (Fsp3) is 0.192. The maximum absolute atomic E-state index is 13.2. The van der Waals surface area contributed by atoms with Crippen LogP contribution < -0.4 is 5.32 Å². The van der Waals surface area contributed by atoms with Gasteiger partial charge in [-0.05, 0) is 63.1 Å². The summed E-state index contributed by atoms with van der Waals surface area (Å²) in [4.78, 5) is 29.5. The Kier molecular flexibility index (Phi) is 6.35. The largest absolute Gasteiger partial charge is 0.457 e. The molecule has 0 saturated carbocycles. The number of rotatable bonds is 5. The minimum Gasteiger partial charge on any atom is -0.457 e. The van der Waals surface area contributed by atoms with Crippen LogP contribution in [0.2, 0.25) is 0 Å². The number of amides is 1. The van der Waals surface area contributed by atoms with E-state index in [0.717, 1.165) is 16.5 Å². The second-order valence-electron chi connectivity index (χ2n) is 8.28. The molecule has 0 aliphatic rings. The molecule has 158 valence electrons. The SMILES string of the molecule is C=C(/C=C/C(=O)OC(C)(C)C)c1ccc(C)cc1C(=O)Nc1cccc2cccnc12. The predicted octanol–water partition coefficient (Wildman–Crippen LogP) is 5.71. The molecule has 5 heteroatoms. The Morgan fingerprint density at radius 3 is 2.52 bits per heavy atom. The lowest BCUT2D eigenvalue weighted by Crippen LogP contribution is -2.22. The number of esters is 1. The number of aryl methyl sites for hydroxylation is 1. The van der Waals surface area contributed by atoms with Crippen molar-refractivity contribution in [3.8, 4) is 0 Å². The number of hydrogen-bond donors (Lipinski definition) is 1. The Hall–Kier alpha value is -3.73. The summed E-state index contributed by atoms with van der Waals surface area (Å²) in [5.74, 6) is -0.739. The van der Waals surface area contributed by atoms with Gasteiger partial charge in [-0.1, -0.05) is 42.5 Å². The quantitative estimate of drug-likeness (QED) is 0.330. The van der Waals surface area contributed by atoms with E-state index in [2.05, 4.69) is 16.9 Å². The molecule has 1 aromatic heterocycles. The lowest BCUT2D eigenvalue weighted by Gasteiger charge is -2.18. The van der Waals surface area contributed by atoms with Crippen LogP contribution in [0.5, 0.6) is 0 Å². The summed E-state index contributed by atoms with van der Waals surface area (Å²) in [6.45, 7) is 11.4. The van der Waals surface area contributed by atoms with Gasteiger partial charge in [-0.3, -0.25) is 9.78 Å². The van der Waals surface area contributed by atoms with Crippen LogP contribution in [0.3, 0.4) is 0 Å². The first-order valence-corrected chi connectivity index (χ1v) is 10.00. The molecule has 5 nitrogen and oxygen atoms in total. The minimum absolute atomic E-state index is 0.274. The predicted molar refractivity (Wildman–Crippen MR) is 125 cm³/mol. The van der Waals surface area contributed by atoms with E-state index in [-0.39, 0.29) is 5.91 Å². The van der Waals surface area contributed by atoms with Gasteiger partial charge < -0.3 is 10.1 Å². The van der Waals surface area contributed by atoms with Gasteiger partial charge in [0.15, 0.2) is 0 Å². The molecule has 0 radical (unpaired) electrons. The van der Waals surface area contributed by atoms with Gasteiger partial charge in [0, 0.05) is 23.2 Å². The Labute approximate surface area is 182 Å². The molecule has 0 aliphatic carbocycles. The van der Waals surface area contributed by atoms with Gasteiger partial charge in [0.25, 0.3) is 5.91 Å². The highest BCUT2D eigenvalue weighted by molar-refractivity contribution is 6.11. The molecule has 0 unspecified atom stereocenters. The summed E-state index contributed by atoms with van der Waals surface area (Å²) in [5, 5.41) is 3.90. The maximum atomic E-state index is 13.2. The monoisotopic (exact) mass is 414 g/mol. The van der Waals surface area contributed by atoms with E-state index >= 15 is 0 Å². The molecule has 1 N–H and O–H groups in total. The molecule has 0 atom stereocenters. The van der Waals surface area contributed by atoms with Crippen molar-refractivity contribution in [2.24, 2.45) is 0 Å². The molecule has 31 heavy (non-hydrogen) atoms. The Balaban J connectivity index is 1.88. The molecule has 0 aliphatic heterocycles. The standard InChI is InChI=1S/C26H26N2O3/c1-17-11-13-20(18(2)12-14-23(29)31-26(3,4)5)21(16-17)25(30)28-22-10-6-8-19-9-7-15-27-24(19)22/h6-16H,2H2,1,3-5H3,(H,28,30)/b14-12+. The Morgan fingerprint density at radius 2 is 1.77 bits per heavy atom. The number of allylic oxidation sites excluding steroid dienone is 2. The molecule has 0 saturated heterocycles. The summed E-state index contributed by atoms with van der Waals surface area (Å²) < 4.78 is 5.29. The number of benzene rings is 2. The van der Waals surface area contributed by atoms with Crippen LogP contribution in [0, 0.1) is 6.92 Å². The van der Waals surface area contributed by atoms with Crippen molar-refractivity contribution in [3.05, 3.63) is 90.1 Å². The number of pyridine rings is 1. The molecular formula is C26H26N2O3. The number of aromatic nitrogens is 1. The molecule has 0 fully saturated rings. The highest BCUT2D eigenvalue weighted by Gasteiger charge is 2.16. The van der Waals surface area contributed by atoms with E-state index in [0.29, 0.717) is 22.4 Å². The van der Waals surface area contributed by atoms with E-state index in [9.17, 15) is 9.59 Å². The van der Waals surface area contributed by atoms with Crippen molar-refractivity contribution in [1.82, 2.24) is 4.98 Å². The maximum Gasteiger partial charge on any atom is 0.331 e. The number of fused-ring (bicyclic) bond motifs is 1. The molecule has 3 rings (SSSR count). The number of hydrogen-bond acceptors (Lipinski definition) is 4. The van der Waals surface area contributed by atoms with Gasteiger partial charge in [0.2, 0.25) is 0 Å². The van der Waals surface area contributed by atoms with E-state index in [1.54, 1.807) is 39.1 Å². The first-order valence-electron chi connectivity index (χ1n) is 10.00. The van der Waals surface area contributed by atoms with Crippen molar-refractivity contribution in [2.75, 3.05) is 5.32 Å². The van der Waals surface area contributed by atoms with Crippen molar-refractivity contribution in [2.45, 2.75) is 33.3 Å². The van der Waals surface area contributed by atoms with Crippen LogP contribution in [0.1, 0.15) is 42.3 Å². The van der Waals surface area contributed by atoms with Gasteiger partial charge in [0.05, 0.1) is 11.2 Å². The normalized spacial score (nSPS) is 11.5. The van der Waals surface area contributed by atoms with Gasteiger partial charge in [-0.25, -0.2) is 4.79 Å². The van der Waals surface area contributed by atoms with Crippen molar-refractivity contribution in [3.63, 3.8) is 0 Å². The zero-order valence-electron chi connectivity index (χ0n) is 18.2. The number of carbonyl (C=O) groups excluding carboxylic acids is 2. The third kappa shape index (κ3) is 5.66. The zero-order chi connectivity index (χ0) is 22.6. The van der Waals surface area contributed by atoms with Gasteiger partial charge in [-0.15, -0.1) is 0 Å². The molecule has 3 aromatic rings. The Morgan fingerprint density at radius 1 is 1.03 bits per heavy atom. The molecular weight excluding hydrogens is 388 g/mol. The first-order chi connectivity index (χ1) is 14.6. The number of nitrogens with one attached hydrogen (secondary N) is 1. The summed E-state index contributed by atoms with van der Waals surface area (Å²) >= 11 is 0. The van der Waals surface area contributed by atoms with E-state index in [1.165, 1.54) is 6.08 Å². The summed E-state index contributed by atoms with van der Waals surface area (Å²) in [7, 11) is 0. The van der Waals surface area contributed by atoms with E-state index in [1.807, 2.05) is 49.4 Å². The molecule has 1 amide bonds. The van der Waals surface area contributed by atoms with Crippen LogP contribution in [0.15, 0.2) is 73.5 Å². The number of ether oxygens (including phenoxy) is 1. The fourth-order valence-corrected chi connectivity index (χ4v) is 3.11. The number of nitrogens with zero attached hydrogens (tertiary/aromatic N) is 1. The highest BCUT2D eigenvalue weighted by atomic mass is 16.6. The lowest BCUT2D eigenvalue weighted by atomic mass is 9.97. The average molecular weight is 415 g/mol. The van der Waals surface area contributed by atoms with E-state index < -0.39 is 11.6 Å². The van der Waals surface area contributed by atoms with Crippen LogP contribution >= 0.6 is 0 Å². The van der Waals surface area contributed by atoms with Gasteiger partial charge in [0.1, 0.15) is 5.60 Å². The highest BCUT2D eigenvalue weighted by Crippen LogP contribution is 2.25. The van der Waals surface area contributed by atoms with Crippen molar-refractivity contribution < 1.29 is 14.3 Å². The second kappa shape index (κ2) is 8.96. The molecule has 2 aromatic carbocycles. The second-order valence-corrected chi connectivity index (χ2v) is 8.28. The molecule has 0 bridgehead atoms. The van der Waals surface area contributed by atoms with Crippen LogP contribution in [0.25, 0.3) is 16.5 Å².